The molecule has 2 saturated heterocycles. The van der Waals surface area contributed by atoms with Crippen molar-refractivity contribution in [1.82, 2.24) is 40.6 Å². The highest BCUT2D eigenvalue weighted by Gasteiger charge is 2.46. The van der Waals surface area contributed by atoms with E-state index in [-0.39, 0.29) is 72.3 Å². The topological polar surface area (TPSA) is 233 Å². The van der Waals surface area contributed by atoms with E-state index in [0.29, 0.717) is 38.4 Å². The molecule has 1 aromatic heterocycles. The van der Waals surface area contributed by atoms with Gasteiger partial charge in [0, 0.05) is 70.8 Å². The summed E-state index contributed by atoms with van der Waals surface area (Å²) in [6, 6.07) is 13.4. The van der Waals surface area contributed by atoms with Gasteiger partial charge in [-0.15, -0.1) is 0 Å². The Morgan fingerprint density at radius 1 is 0.857 bits per heavy atom. The number of carbonyl (C=O) groups excluding carboxylic acids is 7. The van der Waals surface area contributed by atoms with Crippen LogP contribution in [0, 0.1) is 0 Å². The molecule has 2 fully saturated rings. The number of nitrogens with zero attached hydrogens (tertiary/aromatic N) is 5. The van der Waals surface area contributed by atoms with Gasteiger partial charge in [0.1, 0.15) is 29.6 Å². The first kappa shape index (κ1) is 44.8. The molecule has 18 nitrogen and oxygen atoms in total. The lowest BCUT2D eigenvalue weighted by molar-refractivity contribution is -0.136. The molecular formula is C45H55N9O9. The Morgan fingerprint density at radius 3 is 2.44 bits per heavy atom. The molecule has 5 heterocycles. The molecule has 2 aromatic carbocycles. The summed E-state index contributed by atoms with van der Waals surface area (Å²) in [7, 11) is 0. The van der Waals surface area contributed by atoms with Gasteiger partial charge in [-0.25, -0.2) is 9.97 Å². The summed E-state index contributed by atoms with van der Waals surface area (Å²) in [4.78, 5) is 102. The number of rotatable bonds is 19. The summed E-state index contributed by atoms with van der Waals surface area (Å²) >= 11 is 0. The molecule has 7 amide bonds. The number of fused-ring (bicyclic) bond motifs is 2. The van der Waals surface area contributed by atoms with E-state index in [1.54, 1.807) is 6.07 Å². The molecular weight excluding hydrogens is 811 g/mol. The molecule has 0 radical (unpaired) electrons. The minimum atomic E-state index is -1.10. The third-order valence-corrected chi connectivity index (χ3v) is 12.0. The number of unbranched alkanes of at least 4 members (excludes halogenated alkanes) is 4. The van der Waals surface area contributed by atoms with Crippen molar-refractivity contribution in [1.29, 1.82) is 0 Å². The van der Waals surface area contributed by atoms with Crippen LogP contribution in [0.1, 0.15) is 107 Å². The molecule has 1 unspecified atom stereocenters. The first-order valence-corrected chi connectivity index (χ1v) is 21.9. The zero-order valence-electron chi connectivity index (χ0n) is 35.3. The molecule has 5 N–H and O–H groups in total. The molecule has 7 rings (SSSR count). The Balaban J connectivity index is 0.721. The van der Waals surface area contributed by atoms with E-state index < -0.39 is 35.8 Å². The van der Waals surface area contributed by atoms with E-state index in [1.807, 2.05) is 17.0 Å². The molecule has 2 atom stereocenters. The lowest BCUT2D eigenvalue weighted by Crippen LogP contribution is -2.54. The maximum absolute atomic E-state index is 13.2. The van der Waals surface area contributed by atoms with E-state index >= 15 is 0 Å². The quantitative estimate of drug-likeness (QED) is 0.0859. The summed E-state index contributed by atoms with van der Waals surface area (Å²) < 4.78 is 5.64. The molecule has 4 aliphatic heterocycles. The highest BCUT2D eigenvalue weighted by Crippen LogP contribution is 2.33. The van der Waals surface area contributed by atoms with Crippen molar-refractivity contribution in [3.05, 3.63) is 82.8 Å². The number of aliphatic hydroxyl groups is 1. The molecule has 4 aliphatic rings. The van der Waals surface area contributed by atoms with Gasteiger partial charge in [0.05, 0.1) is 17.2 Å². The maximum atomic E-state index is 13.2. The molecule has 0 aliphatic carbocycles. The second kappa shape index (κ2) is 21.2. The summed E-state index contributed by atoms with van der Waals surface area (Å²) in [5.74, 6) is -2.55. The third kappa shape index (κ3) is 11.6. The Bertz CT molecular complexity index is 2190. The average molecular weight is 866 g/mol. The number of β-amino-alcohol motifs (C(OH)–C–C–N with tert-alkyl or cyclic N) is 1. The standard InChI is InChI=1S/C45H55N9O9/c55-32(26-52-20-16-29-9-5-6-10-30(29)25-52)24-47-42(59)34-23-37(49-28-48-34)50-31-17-21-53(22-18-31)40(58)13-4-2-1-3-7-19-46-39(57)27-63-36-12-8-11-33-41(36)45(62)54(44(33)61)35-14-15-38(56)51-43(35)60/h5-6,8-12,23,28,31-32,35,55H,1-4,7,13-22,24-27H2,(H,46,57)(H,47,59)(H,48,49,50)(H,51,56,60)/t32-,35?/m0/s1. The van der Waals surface area contributed by atoms with Crippen molar-refractivity contribution in [3.63, 3.8) is 0 Å². The van der Waals surface area contributed by atoms with Crippen molar-refractivity contribution in [2.24, 2.45) is 0 Å². The van der Waals surface area contributed by atoms with Crippen molar-refractivity contribution >= 4 is 47.2 Å². The van der Waals surface area contributed by atoms with Gasteiger partial charge in [0.2, 0.25) is 17.7 Å². The number of hydrogen-bond donors (Lipinski definition) is 5. The van der Waals surface area contributed by atoms with Crippen LogP contribution in [0.15, 0.2) is 54.9 Å². The summed E-state index contributed by atoms with van der Waals surface area (Å²) in [5, 5.41) is 21.8. The number of benzene rings is 2. The number of imide groups is 2. The highest BCUT2D eigenvalue weighted by atomic mass is 16.5. The number of likely N-dealkylation sites (tertiary alicyclic amines) is 1. The summed E-state index contributed by atoms with van der Waals surface area (Å²) in [6.45, 7) is 3.53. The van der Waals surface area contributed by atoms with Crippen LogP contribution in [0.5, 0.6) is 5.75 Å². The van der Waals surface area contributed by atoms with Crippen LogP contribution < -0.4 is 26.0 Å². The van der Waals surface area contributed by atoms with Gasteiger partial charge >= 0.3 is 0 Å². The lowest BCUT2D eigenvalue weighted by atomic mass is 10.00. The van der Waals surface area contributed by atoms with Crippen LogP contribution in [0.25, 0.3) is 0 Å². The van der Waals surface area contributed by atoms with Crippen molar-refractivity contribution < 1.29 is 43.4 Å². The largest absolute Gasteiger partial charge is 0.483 e. The number of carbonyl (C=O) groups is 7. The van der Waals surface area contributed by atoms with Gasteiger partial charge < -0.3 is 30.7 Å². The van der Waals surface area contributed by atoms with Crippen molar-refractivity contribution in [3.8, 4) is 5.75 Å². The monoisotopic (exact) mass is 865 g/mol. The van der Waals surface area contributed by atoms with E-state index in [9.17, 15) is 38.7 Å². The Kier molecular flexibility index (Phi) is 15.1. The Hall–Kier alpha value is -6.27. The van der Waals surface area contributed by atoms with Crippen LogP contribution in [0.4, 0.5) is 5.82 Å². The zero-order chi connectivity index (χ0) is 44.3. The molecule has 0 spiro atoms. The van der Waals surface area contributed by atoms with Crippen LogP contribution in [0.2, 0.25) is 0 Å². The molecule has 18 heteroatoms. The van der Waals surface area contributed by atoms with Gasteiger partial charge in [-0.3, -0.25) is 48.7 Å². The molecule has 0 bridgehead atoms. The van der Waals surface area contributed by atoms with Crippen molar-refractivity contribution in [2.45, 2.75) is 95.4 Å². The van der Waals surface area contributed by atoms with Crippen molar-refractivity contribution in [2.75, 3.05) is 51.2 Å². The number of piperidine rings is 2. The minimum absolute atomic E-state index is 0.0117. The van der Waals surface area contributed by atoms with E-state index in [0.717, 1.165) is 69.4 Å². The first-order chi connectivity index (χ1) is 30.5. The predicted molar refractivity (Wildman–Crippen MR) is 228 cm³/mol. The number of aromatic nitrogens is 2. The maximum Gasteiger partial charge on any atom is 0.270 e. The fourth-order valence-corrected chi connectivity index (χ4v) is 8.53. The molecule has 0 saturated carbocycles. The lowest BCUT2D eigenvalue weighted by Gasteiger charge is -2.32. The Morgan fingerprint density at radius 2 is 1.63 bits per heavy atom. The van der Waals surface area contributed by atoms with Gasteiger partial charge in [0.25, 0.3) is 23.6 Å². The van der Waals surface area contributed by atoms with Gasteiger partial charge in [-0.1, -0.05) is 49.6 Å². The van der Waals surface area contributed by atoms with E-state index in [4.69, 9.17) is 4.74 Å². The smallest absolute Gasteiger partial charge is 0.270 e. The second-order valence-electron chi connectivity index (χ2n) is 16.5. The number of aliphatic hydroxyl groups excluding tert-OH is 1. The fourth-order valence-electron chi connectivity index (χ4n) is 8.53. The van der Waals surface area contributed by atoms with Crippen LogP contribution >= 0.6 is 0 Å². The summed E-state index contributed by atoms with van der Waals surface area (Å²) in [6.07, 6.45) is 7.77. The molecule has 334 valence electrons. The summed E-state index contributed by atoms with van der Waals surface area (Å²) in [5.41, 5.74) is 2.89. The number of hydrogen-bond acceptors (Lipinski definition) is 13. The van der Waals surface area contributed by atoms with Gasteiger partial charge in [0.15, 0.2) is 6.61 Å². The second-order valence-corrected chi connectivity index (χ2v) is 16.5. The third-order valence-electron chi connectivity index (χ3n) is 12.0. The number of anilines is 1. The normalized spacial score (nSPS) is 18.3. The van der Waals surface area contributed by atoms with Crippen LogP contribution in [-0.4, -0.2) is 135 Å². The SMILES string of the molecule is O=C(COc1cccc2c1C(=O)N(C1CCC(=O)NC1=O)C2=O)NCCCCCCCC(=O)N1CCC(Nc2cc(C(=O)NC[C@H](O)CN3CCc4ccccc4C3)ncn2)CC1. The fraction of sp³-hybridized carbons (Fsp3) is 0.489. The van der Waals surface area contributed by atoms with Gasteiger partial charge in [-0.2, -0.15) is 0 Å². The van der Waals surface area contributed by atoms with Gasteiger partial charge in [-0.05, 0) is 61.8 Å². The first-order valence-electron chi connectivity index (χ1n) is 21.9. The Labute approximate surface area is 365 Å². The van der Waals surface area contributed by atoms with E-state index in [2.05, 4.69) is 48.3 Å². The van der Waals surface area contributed by atoms with Crippen LogP contribution in [-0.2, 0) is 32.1 Å². The highest BCUT2D eigenvalue weighted by molar-refractivity contribution is 6.24. The van der Waals surface area contributed by atoms with Crippen LogP contribution in [0.3, 0.4) is 0 Å². The van der Waals surface area contributed by atoms with E-state index in [1.165, 1.54) is 35.7 Å². The number of amides is 7. The molecule has 3 aromatic rings. The predicted octanol–water partition coefficient (Wildman–Crippen LogP) is 1.97. The average Bonchev–Trinajstić information content (AvgIpc) is 3.54. The molecule has 63 heavy (non-hydrogen) atoms. The number of ether oxygens (including phenoxy) is 1. The zero-order valence-corrected chi connectivity index (χ0v) is 35.3. The number of nitrogens with one attached hydrogen (secondary N) is 4. The minimum Gasteiger partial charge on any atom is -0.483 e.